The number of nitrogens with two attached hydrogens (primary N) is 1. The lowest BCUT2D eigenvalue weighted by Crippen LogP contribution is -2.58. The Labute approximate surface area is 175 Å². The van der Waals surface area contributed by atoms with E-state index in [2.05, 4.69) is 10.3 Å². The van der Waals surface area contributed by atoms with Crippen LogP contribution in [0.3, 0.4) is 0 Å². The summed E-state index contributed by atoms with van der Waals surface area (Å²) in [5.41, 5.74) is 8.53. The van der Waals surface area contributed by atoms with Crippen LogP contribution in [0.25, 0.3) is 5.69 Å². The number of hydrogen-bond donors (Lipinski definition) is 2. The Kier molecular flexibility index (Phi) is 6.03. The summed E-state index contributed by atoms with van der Waals surface area (Å²) in [5, 5.41) is 2.34. The normalized spacial score (nSPS) is 19.5. The molecule has 2 aromatic rings. The van der Waals surface area contributed by atoms with Crippen molar-refractivity contribution in [3.63, 3.8) is 0 Å². The molecule has 1 amide bonds. The van der Waals surface area contributed by atoms with Gasteiger partial charge in [-0.1, -0.05) is 0 Å². The molecule has 1 aliphatic heterocycles. The molecule has 0 radical (unpaired) electrons. The fourth-order valence-electron chi connectivity index (χ4n) is 3.47. The molecule has 1 fully saturated rings. The van der Waals surface area contributed by atoms with Gasteiger partial charge in [-0.3, -0.25) is 4.90 Å². The number of carbonyl (C=O) groups excluding carboxylic acids is 1. The molecule has 164 valence electrons. The molecule has 1 aromatic heterocycles. The molecule has 0 bridgehead atoms. The molecule has 7 nitrogen and oxygen atoms in total. The molecule has 1 saturated heterocycles. The lowest BCUT2D eigenvalue weighted by Gasteiger charge is -2.38. The number of rotatable bonds is 4. The first kappa shape index (κ1) is 22.0. The third-order valence-electron chi connectivity index (χ3n) is 4.82. The summed E-state index contributed by atoms with van der Waals surface area (Å²) >= 11 is 0. The Morgan fingerprint density at radius 1 is 1.37 bits per heavy atom. The molecule has 0 aliphatic carbocycles. The average molecular weight is 421 g/mol. The van der Waals surface area contributed by atoms with E-state index < -0.39 is 23.7 Å². The highest BCUT2D eigenvalue weighted by atomic mass is 19.3. The Morgan fingerprint density at radius 3 is 2.73 bits per heavy atom. The summed E-state index contributed by atoms with van der Waals surface area (Å²) in [6.07, 6.45) is 2.41. The van der Waals surface area contributed by atoms with Gasteiger partial charge in [0.05, 0.1) is 12.0 Å². The molecule has 9 heteroatoms. The highest BCUT2D eigenvalue weighted by Crippen LogP contribution is 2.30. The quantitative estimate of drug-likeness (QED) is 0.738. The summed E-state index contributed by atoms with van der Waals surface area (Å²) < 4.78 is 35.8. The van der Waals surface area contributed by atoms with E-state index in [0.717, 1.165) is 16.9 Å². The zero-order valence-electron chi connectivity index (χ0n) is 17.8. The standard InChI is InChI=1S/C21H29F2N5O2/c1-14-10-28(13-25-14)17-8-15(7-16(24)9-17)11-27-6-5-21(22,23)18(12-27)26-19(29)30-20(2,3)4/h7-10,13,18H,5-6,11-12,24H2,1-4H3,(H,26,29)/t18-/m1/s1. The molecule has 1 aliphatic rings. The maximum atomic E-state index is 14.4. The zero-order chi connectivity index (χ0) is 22.1. The predicted molar refractivity (Wildman–Crippen MR) is 111 cm³/mol. The van der Waals surface area contributed by atoms with Crippen molar-refractivity contribution in [3.8, 4) is 5.69 Å². The maximum absolute atomic E-state index is 14.4. The fraction of sp³-hybridized carbons (Fsp3) is 0.524. The van der Waals surface area contributed by atoms with Gasteiger partial charge in [0.2, 0.25) is 0 Å². The summed E-state index contributed by atoms with van der Waals surface area (Å²) in [6.45, 7) is 7.64. The number of imidazole rings is 1. The van der Waals surface area contributed by atoms with Crippen molar-refractivity contribution in [1.29, 1.82) is 0 Å². The lowest BCUT2D eigenvalue weighted by atomic mass is 10.00. The molecule has 1 aromatic carbocycles. The second-order valence-electron chi connectivity index (χ2n) is 8.80. The Balaban J connectivity index is 1.71. The molecule has 3 N–H and O–H groups in total. The zero-order valence-corrected chi connectivity index (χ0v) is 17.8. The number of amides is 1. The molecular formula is C21H29F2N5O2. The number of likely N-dealkylation sites (tertiary alicyclic amines) is 1. The second-order valence-corrected chi connectivity index (χ2v) is 8.80. The minimum absolute atomic E-state index is 0.0144. The van der Waals surface area contributed by atoms with Gasteiger partial charge in [-0.2, -0.15) is 0 Å². The number of carbonyl (C=O) groups is 1. The first-order chi connectivity index (χ1) is 13.9. The van der Waals surface area contributed by atoms with E-state index in [9.17, 15) is 13.6 Å². The first-order valence-electron chi connectivity index (χ1n) is 9.91. The predicted octanol–water partition coefficient (Wildman–Crippen LogP) is 3.50. The lowest BCUT2D eigenvalue weighted by molar-refractivity contribution is -0.0859. The van der Waals surface area contributed by atoms with Crippen LogP contribution in [-0.2, 0) is 11.3 Å². The van der Waals surface area contributed by atoms with Gasteiger partial charge in [0, 0.05) is 43.6 Å². The third-order valence-corrected chi connectivity index (χ3v) is 4.82. The smallest absolute Gasteiger partial charge is 0.408 e. The van der Waals surface area contributed by atoms with E-state index in [0.29, 0.717) is 12.2 Å². The van der Waals surface area contributed by atoms with E-state index in [1.165, 1.54) is 0 Å². The van der Waals surface area contributed by atoms with Gasteiger partial charge in [0.25, 0.3) is 5.92 Å². The number of aromatic nitrogens is 2. The highest BCUT2D eigenvalue weighted by molar-refractivity contribution is 5.68. The van der Waals surface area contributed by atoms with Gasteiger partial charge in [-0.05, 0) is 51.5 Å². The molecule has 1 atom stereocenters. The Hall–Kier alpha value is -2.68. The number of ether oxygens (including phenoxy) is 1. The number of nitrogens with one attached hydrogen (secondary N) is 1. The van der Waals surface area contributed by atoms with Crippen LogP contribution >= 0.6 is 0 Å². The van der Waals surface area contributed by atoms with E-state index >= 15 is 0 Å². The third kappa shape index (κ3) is 5.69. The van der Waals surface area contributed by atoms with E-state index in [1.807, 2.05) is 40.8 Å². The maximum Gasteiger partial charge on any atom is 0.408 e. The summed E-state index contributed by atoms with van der Waals surface area (Å²) in [7, 11) is 0. The number of aryl methyl sites for hydroxylation is 1. The van der Waals surface area contributed by atoms with Crippen molar-refractivity contribution in [2.45, 2.75) is 58.2 Å². The molecule has 0 unspecified atom stereocenters. The minimum atomic E-state index is -3.00. The van der Waals surface area contributed by atoms with Crippen molar-refractivity contribution in [3.05, 3.63) is 42.0 Å². The molecular weight excluding hydrogens is 392 g/mol. The number of alkyl halides is 2. The van der Waals surface area contributed by atoms with Gasteiger partial charge in [-0.25, -0.2) is 18.6 Å². The van der Waals surface area contributed by atoms with E-state index in [4.69, 9.17) is 10.5 Å². The summed E-state index contributed by atoms with van der Waals surface area (Å²) in [4.78, 5) is 18.1. The number of nitrogens with zero attached hydrogens (tertiary/aromatic N) is 3. The number of benzene rings is 1. The van der Waals surface area contributed by atoms with Gasteiger partial charge in [0.1, 0.15) is 11.6 Å². The van der Waals surface area contributed by atoms with Crippen molar-refractivity contribution in [1.82, 2.24) is 19.8 Å². The number of nitrogen functional groups attached to an aromatic ring is 1. The van der Waals surface area contributed by atoms with Crippen LogP contribution in [0.2, 0.25) is 0 Å². The fourth-order valence-corrected chi connectivity index (χ4v) is 3.47. The number of piperidine rings is 1. The molecule has 2 heterocycles. The van der Waals surface area contributed by atoms with Gasteiger partial charge in [-0.15, -0.1) is 0 Å². The van der Waals surface area contributed by atoms with Crippen molar-refractivity contribution < 1.29 is 18.3 Å². The van der Waals surface area contributed by atoms with Crippen LogP contribution in [0.1, 0.15) is 38.4 Å². The largest absolute Gasteiger partial charge is 0.444 e. The average Bonchev–Trinajstić information content (AvgIpc) is 3.02. The van der Waals surface area contributed by atoms with Crippen LogP contribution < -0.4 is 11.1 Å². The molecule has 3 rings (SSSR count). The van der Waals surface area contributed by atoms with Gasteiger partial charge < -0.3 is 20.4 Å². The highest BCUT2D eigenvalue weighted by Gasteiger charge is 2.45. The van der Waals surface area contributed by atoms with Crippen molar-refractivity contribution >= 4 is 11.8 Å². The van der Waals surface area contributed by atoms with E-state index in [1.54, 1.807) is 27.1 Å². The van der Waals surface area contributed by atoms with Crippen molar-refractivity contribution in [2.75, 3.05) is 18.8 Å². The SMILES string of the molecule is Cc1cn(-c2cc(N)cc(CN3CCC(F)(F)[C@H](NC(=O)OC(C)(C)C)C3)c2)cn1. The van der Waals surface area contributed by atoms with Crippen molar-refractivity contribution in [2.24, 2.45) is 0 Å². The summed E-state index contributed by atoms with van der Waals surface area (Å²) in [6, 6.07) is 4.30. The number of anilines is 1. The number of halogens is 2. The van der Waals surface area contributed by atoms with Crippen LogP contribution in [0.5, 0.6) is 0 Å². The molecule has 0 saturated carbocycles. The van der Waals surface area contributed by atoms with Crippen LogP contribution in [0, 0.1) is 6.92 Å². The topological polar surface area (TPSA) is 85.4 Å². The second kappa shape index (κ2) is 8.22. The molecule has 30 heavy (non-hydrogen) atoms. The summed E-state index contributed by atoms with van der Waals surface area (Å²) in [5.74, 6) is -3.00. The monoisotopic (exact) mass is 421 g/mol. The number of hydrogen-bond acceptors (Lipinski definition) is 5. The Bertz CT molecular complexity index is 907. The molecule has 0 spiro atoms. The van der Waals surface area contributed by atoms with Gasteiger partial charge >= 0.3 is 6.09 Å². The number of alkyl carbamates (subject to hydrolysis) is 1. The Morgan fingerprint density at radius 2 is 2.10 bits per heavy atom. The minimum Gasteiger partial charge on any atom is -0.444 e. The van der Waals surface area contributed by atoms with Crippen LogP contribution in [-0.4, -0.2) is 51.2 Å². The van der Waals surface area contributed by atoms with Gasteiger partial charge in [0.15, 0.2) is 0 Å². The first-order valence-corrected chi connectivity index (χ1v) is 9.91. The van der Waals surface area contributed by atoms with Crippen LogP contribution in [0.4, 0.5) is 19.3 Å². The van der Waals surface area contributed by atoms with E-state index in [-0.39, 0.29) is 19.5 Å². The van der Waals surface area contributed by atoms with Crippen LogP contribution in [0.15, 0.2) is 30.7 Å².